The molecule has 0 unspecified atom stereocenters. The third-order valence-corrected chi connectivity index (χ3v) is 2.39. The van der Waals surface area contributed by atoms with E-state index in [4.69, 9.17) is 4.52 Å². The van der Waals surface area contributed by atoms with E-state index in [1.165, 1.54) is 12.1 Å². The second-order valence-electron chi connectivity index (χ2n) is 4.13. The zero-order valence-corrected chi connectivity index (χ0v) is 10.2. The van der Waals surface area contributed by atoms with Gasteiger partial charge in [0.2, 0.25) is 5.89 Å². The lowest BCUT2D eigenvalue weighted by atomic mass is 10.1. The smallest absolute Gasteiger partial charge is 0.338 e. The molecule has 1 aromatic heterocycles. The predicted molar refractivity (Wildman–Crippen MR) is 61.3 cm³/mol. The second-order valence-corrected chi connectivity index (χ2v) is 4.13. The topological polar surface area (TPSA) is 51.0 Å². The van der Waals surface area contributed by atoms with Gasteiger partial charge >= 0.3 is 6.18 Å². The van der Waals surface area contributed by atoms with Gasteiger partial charge in [0.1, 0.15) is 5.82 Å². The number of alkyl halides is 3. The quantitative estimate of drug-likeness (QED) is 0.859. The minimum atomic E-state index is -4.28. The van der Waals surface area contributed by atoms with E-state index < -0.39 is 12.7 Å². The summed E-state index contributed by atoms with van der Waals surface area (Å²) in [7, 11) is 0. The van der Waals surface area contributed by atoms with Crippen LogP contribution in [0.1, 0.15) is 17.3 Å². The Morgan fingerprint density at radius 3 is 2.50 bits per heavy atom. The van der Waals surface area contributed by atoms with Crippen LogP contribution < -0.4 is 5.32 Å². The predicted octanol–water partition coefficient (Wildman–Crippen LogP) is 2.45. The van der Waals surface area contributed by atoms with Crippen LogP contribution >= 0.6 is 0 Å². The molecule has 0 aliphatic rings. The number of aromatic nitrogens is 2. The minimum Gasteiger partial charge on any atom is -0.338 e. The molecule has 20 heavy (non-hydrogen) atoms. The molecule has 4 nitrogen and oxygen atoms in total. The van der Waals surface area contributed by atoms with Crippen molar-refractivity contribution in [3.8, 4) is 0 Å². The Bertz CT molecular complexity index is 551. The van der Waals surface area contributed by atoms with Crippen molar-refractivity contribution in [2.24, 2.45) is 0 Å². The molecule has 0 fully saturated rings. The van der Waals surface area contributed by atoms with E-state index in [1.54, 1.807) is 12.1 Å². The third-order valence-electron chi connectivity index (χ3n) is 2.39. The SMILES string of the molecule is Fc1ccc(Cc2noc(CNCC(F)(F)F)n2)cc1. The van der Waals surface area contributed by atoms with Crippen LogP contribution in [0.4, 0.5) is 17.6 Å². The number of benzene rings is 1. The zero-order valence-electron chi connectivity index (χ0n) is 10.2. The molecular weight excluding hydrogens is 278 g/mol. The molecule has 0 amide bonds. The van der Waals surface area contributed by atoms with Crippen LogP contribution in [0.3, 0.4) is 0 Å². The summed E-state index contributed by atoms with van der Waals surface area (Å²) in [4.78, 5) is 3.95. The molecule has 0 bridgehead atoms. The molecule has 0 spiro atoms. The summed E-state index contributed by atoms with van der Waals surface area (Å²) in [5.41, 5.74) is 0.780. The maximum atomic E-state index is 12.7. The minimum absolute atomic E-state index is 0.0753. The van der Waals surface area contributed by atoms with Gasteiger partial charge in [-0.15, -0.1) is 0 Å². The second kappa shape index (κ2) is 6.00. The van der Waals surface area contributed by atoms with Crippen LogP contribution in [0, 0.1) is 5.82 Å². The maximum absolute atomic E-state index is 12.7. The average Bonchev–Trinajstić information content (AvgIpc) is 2.78. The fourth-order valence-corrected chi connectivity index (χ4v) is 1.53. The summed E-state index contributed by atoms with van der Waals surface area (Å²) >= 11 is 0. The molecule has 0 atom stereocenters. The van der Waals surface area contributed by atoms with Gasteiger partial charge in [0, 0.05) is 6.42 Å². The molecule has 0 aliphatic heterocycles. The van der Waals surface area contributed by atoms with Crippen LogP contribution in [0.5, 0.6) is 0 Å². The lowest BCUT2D eigenvalue weighted by Gasteiger charge is -2.05. The first-order valence-corrected chi connectivity index (χ1v) is 5.76. The monoisotopic (exact) mass is 289 g/mol. The number of rotatable bonds is 5. The molecular formula is C12H11F4N3O. The Morgan fingerprint density at radius 1 is 1.15 bits per heavy atom. The fourth-order valence-electron chi connectivity index (χ4n) is 1.53. The fraction of sp³-hybridized carbons (Fsp3) is 0.333. The third kappa shape index (κ3) is 4.61. The first-order chi connectivity index (χ1) is 9.42. The summed E-state index contributed by atoms with van der Waals surface area (Å²) in [5, 5.41) is 5.80. The van der Waals surface area contributed by atoms with Crippen molar-refractivity contribution in [3.63, 3.8) is 0 Å². The highest BCUT2D eigenvalue weighted by Gasteiger charge is 2.26. The van der Waals surface area contributed by atoms with E-state index in [1.807, 2.05) is 0 Å². The molecule has 2 rings (SSSR count). The van der Waals surface area contributed by atoms with Gasteiger partial charge in [-0.1, -0.05) is 17.3 Å². The van der Waals surface area contributed by atoms with E-state index >= 15 is 0 Å². The summed E-state index contributed by atoms with van der Waals surface area (Å²) < 4.78 is 53.3. The summed E-state index contributed by atoms with van der Waals surface area (Å²) in [6.07, 6.45) is -3.96. The van der Waals surface area contributed by atoms with Crippen molar-refractivity contribution in [1.82, 2.24) is 15.5 Å². The molecule has 2 aromatic rings. The highest BCUT2D eigenvalue weighted by molar-refractivity contribution is 5.19. The molecule has 1 N–H and O–H groups in total. The average molecular weight is 289 g/mol. The van der Waals surface area contributed by atoms with Crippen LogP contribution in [-0.4, -0.2) is 22.9 Å². The highest BCUT2D eigenvalue weighted by atomic mass is 19.4. The van der Waals surface area contributed by atoms with Crippen LogP contribution in [0.25, 0.3) is 0 Å². The summed E-state index contributed by atoms with van der Waals surface area (Å²) in [6, 6.07) is 5.77. The number of nitrogens with zero attached hydrogens (tertiary/aromatic N) is 2. The number of nitrogens with one attached hydrogen (secondary N) is 1. The molecule has 0 saturated heterocycles. The van der Waals surface area contributed by atoms with Gasteiger partial charge in [-0.2, -0.15) is 18.2 Å². The Morgan fingerprint density at radius 2 is 1.85 bits per heavy atom. The molecule has 8 heteroatoms. The Hall–Kier alpha value is -1.96. The normalized spacial score (nSPS) is 11.8. The van der Waals surface area contributed by atoms with Crippen molar-refractivity contribution < 1.29 is 22.1 Å². The van der Waals surface area contributed by atoms with E-state index in [2.05, 4.69) is 15.5 Å². The van der Waals surface area contributed by atoms with E-state index in [0.717, 1.165) is 5.56 Å². The molecule has 0 aliphatic carbocycles. The number of hydrogen-bond acceptors (Lipinski definition) is 4. The van der Waals surface area contributed by atoms with Crippen LogP contribution in [0.15, 0.2) is 28.8 Å². The van der Waals surface area contributed by atoms with Crippen molar-refractivity contribution in [2.45, 2.75) is 19.1 Å². The maximum Gasteiger partial charge on any atom is 0.401 e. The van der Waals surface area contributed by atoms with E-state index in [0.29, 0.717) is 12.2 Å². The Labute approximate surface area is 111 Å². The molecule has 108 valence electrons. The summed E-state index contributed by atoms with van der Waals surface area (Å²) in [5.74, 6) is 0.0608. The van der Waals surface area contributed by atoms with Gasteiger partial charge in [0.25, 0.3) is 0 Å². The molecule has 0 saturated carbocycles. The molecule has 1 aromatic carbocycles. The van der Waals surface area contributed by atoms with E-state index in [9.17, 15) is 17.6 Å². The lowest BCUT2D eigenvalue weighted by Crippen LogP contribution is -2.28. The zero-order chi connectivity index (χ0) is 14.6. The Kier molecular flexibility index (Phi) is 4.33. The van der Waals surface area contributed by atoms with Crippen molar-refractivity contribution in [2.75, 3.05) is 6.54 Å². The van der Waals surface area contributed by atoms with Gasteiger partial charge in [-0.3, -0.25) is 0 Å². The van der Waals surface area contributed by atoms with Gasteiger partial charge < -0.3 is 9.84 Å². The number of hydrogen-bond donors (Lipinski definition) is 1. The van der Waals surface area contributed by atoms with Crippen molar-refractivity contribution >= 4 is 0 Å². The van der Waals surface area contributed by atoms with Gasteiger partial charge in [-0.05, 0) is 17.7 Å². The van der Waals surface area contributed by atoms with Gasteiger partial charge in [0.05, 0.1) is 13.1 Å². The first kappa shape index (κ1) is 14.4. The number of halogens is 4. The lowest BCUT2D eigenvalue weighted by molar-refractivity contribution is -0.125. The van der Waals surface area contributed by atoms with Gasteiger partial charge in [-0.25, -0.2) is 4.39 Å². The van der Waals surface area contributed by atoms with Crippen molar-refractivity contribution in [3.05, 3.63) is 47.4 Å². The molecule has 0 radical (unpaired) electrons. The van der Waals surface area contributed by atoms with Crippen molar-refractivity contribution in [1.29, 1.82) is 0 Å². The van der Waals surface area contributed by atoms with Crippen LogP contribution in [-0.2, 0) is 13.0 Å². The summed E-state index contributed by atoms with van der Waals surface area (Å²) in [6.45, 7) is -1.28. The standard InChI is InChI=1S/C12H11F4N3O/c13-9-3-1-8(2-4-9)5-10-18-11(20-19-10)6-17-7-12(14,15)16/h1-4,17H,5-7H2. The van der Waals surface area contributed by atoms with E-state index in [-0.39, 0.29) is 18.3 Å². The Balaban J connectivity index is 1.87. The van der Waals surface area contributed by atoms with Gasteiger partial charge in [0.15, 0.2) is 5.82 Å². The largest absolute Gasteiger partial charge is 0.401 e. The highest BCUT2D eigenvalue weighted by Crippen LogP contribution is 2.13. The van der Waals surface area contributed by atoms with Crippen LogP contribution in [0.2, 0.25) is 0 Å². The molecule has 1 heterocycles. The first-order valence-electron chi connectivity index (χ1n) is 5.76.